The first-order valence-corrected chi connectivity index (χ1v) is 12.8. The molecule has 0 spiro atoms. The molecule has 0 unspecified atom stereocenters. The molecule has 1 aliphatic heterocycles. The lowest BCUT2D eigenvalue weighted by Gasteiger charge is -2.19. The van der Waals surface area contributed by atoms with Crippen LogP contribution in [-0.2, 0) is 14.8 Å². The van der Waals surface area contributed by atoms with Crippen molar-refractivity contribution in [1.29, 1.82) is 0 Å². The maximum absolute atomic E-state index is 13.1. The zero-order chi connectivity index (χ0) is 22.9. The van der Waals surface area contributed by atoms with Gasteiger partial charge in [0.15, 0.2) is 4.96 Å². The minimum Gasteiger partial charge on any atom is -0.492 e. The standard InChI is InChI=1S/C22H26N4O4S2/c1-4-30-19-9-7-17(13-20(19)32(28,29)25-11-5-6-12-25)24-21(27)10-8-18-16(3)23-22-26(18)14-15(2)31-22/h7-10,13-14H,4-6,11-12H2,1-3H3,(H,24,27)/b10-8+. The zero-order valence-corrected chi connectivity index (χ0v) is 19.9. The number of fused-ring (bicyclic) bond motifs is 1. The van der Waals surface area contributed by atoms with Gasteiger partial charge in [-0.1, -0.05) is 0 Å². The molecule has 3 aromatic rings. The number of carbonyl (C=O) groups is 1. The summed E-state index contributed by atoms with van der Waals surface area (Å²) in [5, 5.41) is 2.76. The number of hydrogen-bond donors (Lipinski definition) is 1. The maximum atomic E-state index is 13.1. The number of sulfonamides is 1. The molecule has 1 fully saturated rings. The Balaban J connectivity index is 1.57. The molecule has 0 saturated carbocycles. The number of anilines is 1. The monoisotopic (exact) mass is 474 g/mol. The van der Waals surface area contributed by atoms with Crippen LogP contribution < -0.4 is 10.1 Å². The van der Waals surface area contributed by atoms with E-state index in [1.807, 2.05) is 24.4 Å². The van der Waals surface area contributed by atoms with Gasteiger partial charge in [-0.25, -0.2) is 13.4 Å². The van der Waals surface area contributed by atoms with Gasteiger partial charge in [-0.3, -0.25) is 9.20 Å². The predicted molar refractivity (Wildman–Crippen MR) is 126 cm³/mol. The Labute approximate surface area is 191 Å². The van der Waals surface area contributed by atoms with Gasteiger partial charge in [0.1, 0.15) is 10.6 Å². The van der Waals surface area contributed by atoms with Crippen molar-refractivity contribution in [1.82, 2.24) is 13.7 Å². The molecular formula is C22H26N4O4S2. The minimum atomic E-state index is -3.70. The Hall–Kier alpha value is -2.69. The van der Waals surface area contributed by atoms with Gasteiger partial charge in [0, 0.05) is 35.9 Å². The number of aromatic nitrogens is 2. The van der Waals surface area contributed by atoms with Crippen molar-refractivity contribution in [3.05, 3.63) is 46.7 Å². The lowest BCUT2D eigenvalue weighted by atomic mass is 10.2. The van der Waals surface area contributed by atoms with Gasteiger partial charge in [0.25, 0.3) is 0 Å². The second kappa shape index (κ2) is 9.05. The SMILES string of the molecule is CCOc1ccc(NC(=O)/C=C/c2c(C)nc3sc(C)cn23)cc1S(=O)(=O)N1CCCC1. The van der Waals surface area contributed by atoms with E-state index in [4.69, 9.17) is 4.74 Å². The molecule has 1 aliphatic rings. The molecule has 3 heterocycles. The highest BCUT2D eigenvalue weighted by Gasteiger charge is 2.30. The van der Waals surface area contributed by atoms with E-state index in [0.29, 0.717) is 25.4 Å². The lowest BCUT2D eigenvalue weighted by Crippen LogP contribution is -2.28. The van der Waals surface area contributed by atoms with Gasteiger partial charge >= 0.3 is 0 Å². The summed E-state index contributed by atoms with van der Waals surface area (Å²) in [6.45, 7) is 7.04. The summed E-state index contributed by atoms with van der Waals surface area (Å²) < 4.78 is 35.2. The summed E-state index contributed by atoms with van der Waals surface area (Å²) in [5.74, 6) is -0.0713. The third kappa shape index (κ3) is 4.43. The summed E-state index contributed by atoms with van der Waals surface area (Å²) in [5.41, 5.74) is 2.06. The Morgan fingerprint density at radius 3 is 2.75 bits per heavy atom. The summed E-state index contributed by atoms with van der Waals surface area (Å²) in [4.78, 5) is 19.2. The molecule has 4 rings (SSSR count). The van der Waals surface area contributed by atoms with Crippen molar-refractivity contribution in [3.63, 3.8) is 0 Å². The highest BCUT2D eigenvalue weighted by Crippen LogP contribution is 2.31. The Kier molecular flexibility index (Phi) is 6.36. The van der Waals surface area contributed by atoms with Gasteiger partial charge in [0.2, 0.25) is 15.9 Å². The number of amides is 1. The topological polar surface area (TPSA) is 93.0 Å². The van der Waals surface area contributed by atoms with Crippen LogP contribution in [0, 0.1) is 13.8 Å². The van der Waals surface area contributed by atoms with E-state index < -0.39 is 10.0 Å². The first-order chi connectivity index (χ1) is 15.3. The normalized spacial score (nSPS) is 15.1. The number of nitrogens with zero attached hydrogens (tertiary/aromatic N) is 3. The highest BCUT2D eigenvalue weighted by molar-refractivity contribution is 7.89. The predicted octanol–water partition coefficient (Wildman–Crippen LogP) is 3.85. The fraction of sp³-hybridized carbons (Fsp3) is 0.364. The second-order valence-corrected chi connectivity index (χ2v) is 10.7. The summed E-state index contributed by atoms with van der Waals surface area (Å²) >= 11 is 1.59. The number of benzene rings is 1. The summed E-state index contributed by atoms with van der Waals surface area (Å²) in [6.07, 6.45) is 6.81. The van der Waals surface area contributed by atoms with Crippen LogP contribution >= 0.6 is 11.3 Å². The molecule has 2 aromatic heterocycles. The van der Waals surface area contributed by atoms with Gasteiger partial charge in [-0.15, -0.1) is 11.3 Å². The fourth-order valence-electron chi connectivity index (χ4n) is 3.75. The number of imidazole rings is 1. The van der Waals surface area contributed by atoms with E-state index in [1.54, 1.807) is 36.5 Å². The number of nitrogens with one attached hydrogen (secondary N) is 1. The average Bonchev–Trinajstić information content (AvgIpc) is 3.45. The fourth-order valence-corrected chi connectivity index (χ4v) is 6.30. The maximum Gasteiger partial charge on any atom is 0.248 e. The molecule has 0 bridgehead atoms. The second-order valence-electron chi connectivity index (χ2n) is 7.61. The Morgan fingerprint density at radius 2 is 2.03 bits per heavy atom. The van der Waals surface area contributed by atoms with Crippen LogP contribution in [0.1, 0.15) is 36.0 Å². The van der Waals surface area contributed by atoms with Crippen LogP contribution in [0.2, 0.25) is 0 Å². The molecule has 10 heteroatoms. The molecule has 1 amide bonds. The minimum absolute atomic E-state index is 0.0742. The number of hydrogen-bond acceptors (Lipinski definition) is 6. The molecule has 0 aliphatic carbocycles. The average molecular weight is 475 g/mol. The van der Waals surface area contributed by atoms with Crippen LogP contribution in [0.15, 0.2) is 35.4 Å². The number of carbonyl (C=O) groups excluding carboxylic acids is 1. The third-order valence-corrected chi connectivity index (χ3v) is 8.07. The first kappa shape index (κ1) is 22.5. The van der Waals surface area contributed by atoms with Crippen molar-refractivity contribution in [2.45, 2.75) is 38.5 Å². The number of aryl methyl sites for hydroxylation is 2. The number of thiazole rings is 1. The van der Waals surface area contributed by atoms with E-state index in [1.165, 1.54) is 16.4 Å². The molecule has 1 saturated heterocycles. The Bertz CT molecular complexity index is 1280. The van der Waals surface area contributed by atoms with Crippen LogP contribution in [-0.4, -0.2) is 47.7 Å². The molecule has 8 nitrogen and oxygen atoms in total. The van der Waals surface area contributed by atoms with E-state index >= 15 is 0 Å². The largest absolute Gasteiger partial charge is 0.492 e. The van der Waals surface area contributed by atoms with Gasteiger partial charge in [-0.2, -0.15) is 4.31 Å². The molecule has 170 valence electrons. The molecule has 0 radical (unpaired) electrons. The van der Waals surface area contributed by atoms with Crippen LogP contribution in [0.5, 0.6) is 5.75 Å². The summed E-state index contributed by atoms with van der Waals surface area (Å²) in [7, 11) is -3.70. The molecule has 0 atom stereocenters. The third-order valence-electron chi connectivity index (χ3n) is 5.25. The van der Waals surface area contributed by atoms with Crippen molar-refractivity contribution in [2.24, 2.45) is 0 Å². The van der Waals surface area contributed by atoms with Gasteiger partial charge in [-0.05, 0) is 57.9 Å². The molecule has 1 aromatic carbocycles. The van der Waals surface area contributed by atoms with Crippen molar-refractivity contribution in [2.75, 3.05) is 25.0 Å². The number of rotatable bonds is 7. The van der Waals surface area contributed by atoms with E-state index in [2.05, 4.69) is 10.3 Å². The van der Waals surface area contributed by atoms with Crippen LogP contribution in [0.4, 0.5) is 5.69 Å². The van der Waals surface area contributed by atoms with E-state index in [0.717, 1.165) is 34.1 Å². The number of ether oxygens (including phenoxy) is 1. The van der Waals surface area contributed by atoms with Crippen molar-refractivity contribution >= 4 is 44.0 Å². The molecular weight excluding hydrogens is 448 g/mol. The van der Waals surface area contributed by atoms with Gasteiger partial charge in [0.05, 0.1) is 18.0 Å². The molecule has 32 heavy (non-hydrogen) atoms. The smallest absolute Gasteiger partial charge is 0.248 e. The van der Waals surface area contributed by atoms with Crippen molar-refractivity contribution < 1.29 is 17.9 Å². The van der Waals surface area contributed by atoms with Crippen molar-refractivity contribution in [3.8, 4) is 5.75 Å². The first-order valence-electron chi connectivity index (χ1n) is 10.5. The Morgan fingerprint density at radius 1 is 1.28 bits per heavy atom. The van der Waals surface area contributed by atoms with Crippen LogP contribution in [0.25, 0.3) is 11.0 Å². The van der Waals surface area contributed by atoms with Crippen LogP contribution in [0.3, 0.4) is 0 Å². The van der Waals surface area contributed by atoms with Gasteiger partial charge < -0.3 is 10.1 Å². The highest BCUT2D eigenvalue weighted by atomic mass is 32.2. The summed E-state index contributed by atoms with van der Waals surface area (Å²) in [6, 6.07) is 4.70. The zero-order valence-electron chi connectivity index (χ0n) is 18.3. The van der Waals surface area contributed by atoms with E-state index in [-0.39, 0.29) is 16.6 Å². The quantitative estimate of drug-likeness (QED) is 0.525. The van der Waals surface area contributed by atoms with E-state index in [9.17, 15) is 13.2 Å². The lowest BCUT2D eigenvalue weighted by molar-refractivity contribution is -0.111. The molecule has 1 N–H and O–H groups in total.